The second-order valence-corrected chi connectivity index (χ2v) is 19.8. The summed E-state index contributed by atoms with van der Waals surface area (Å²) in [6, 6.07) is 15.2. The van der Waals surface area contributed by atoms with Gasteiger partial charge < -0.3 is 30.2 Å². The van der Waals surface area contributed by atoms with Crippen molar-refractivity contribution in [3.63, 3.8) is 0 Å². The molecule has 12 heteroatoms. The van der Waals surface area contributed by atoms with E-state index in [0.29, 0.717) is 30.9 Å². The summed E-state index contributed by atoms with van der Waals surface area (Å²) in [6.45, 7) is 13.7. The van der Waals surface area contributed by atoms with Gasteiger partial charge in [0.2, 0.25) is 5.91 Å². The monoisotopic (exact) mass is 740 g/mol. The van der Waals surface area contributed by atoms with Crippen LogP contribution in [0.15, 0.2) is 78.0 Å². The molecule has 4 heterocycles. The number of nitrogens with one attached hydrogen (secondary N) is 2. The molecule has 1 unspecified atom stereocenters. The van der Waals surface area contributed by atoms with E-state index in [1.807, 2.05) is 79.6 Å². The number of carbonyl (C=O) groups excluding carboxylic acids is 2. The fourth-order valence-electron chi connectivity index (χ4n) is 8.58. The van der Waals surface area contributed by atoms with Crippen molar-refractivity contribution in [2.75, 3.05) is 29.9 Å². The molecular formula is C41H56N6O5Si. The van der Waals surface area contributed by atoms with Crippen molar-refractivity contribution in [3.05, 3.63) is 94.8 Å². The number of amides is 2. The van der Waals surface area contributed by atoms with E-state index in [4.69, 9.17) is 4.74 Å². The van der Waals surface area contributed by atoms with E-state index in [1.54, 1.807) is 4.68 Å². The first-order valence-electron chi connectivity index (χ1n) is 19.1. The van der Waals surface area contributed by atoms with Crippen molar-refractivity contribution < 1.29 is 24.2 Å². The van der Waals surface area contributed by atoms with Crippen molar-refractivity contribution in [1.29, 1.82) is 0 Å². The quantitative estimate of drug-likeness (QED) is 0.116. The number of nitrogens with zero attached hydrogens (tertiary/aromatic N) is 4. The zero-order chi connectivity index (χ0) is 37.9. The van der Waals surface area contributed by atoms with Crippen LogP contribution in [0, 0.1) is 5.92 Å². The molecule has 2 aromatic carbocycles. The Kier molecular flexibility index (Phi) is 11.8. The van der Waals surface area contributed by atoms with E-state index in [9.17, 15) is 19.5 Å². The van der Waals surface area contributed by atoms with Crippen LogP contribution in [0.1, 0.15) is 82.5 Å². The van der Waals surface area contributed by atoms with Gasteiger partial charge in [0.05, 0.1) is 36.1 Å². The topological polar surface area (TPSA) is 142 Å². The highest BCUT2D eigenvalue weighted by Gasteiger charge is 2.66. The first-order valence-corrected chi connectivity index (χ1v) is 22.1. The number of aliphatic hydroxyl groups is 1. The average Bonchev–Trinajstić information content (AvgIpc) is 3.91. The summed E-state index contributed by atoms with van der Waals surface area (Å²) in [5, 5.41) is 25.4. The number of carbonyl (C=O) groups is 2. The third-order valence-electron chi connectivity index (χ3n) is 11.3. The first kappa shape index (κ1) is 38.8. The molecule has 1 aromatic heterocycles. The second-order valence-electron chi connectivity index (χ2n) is 15.9. The summed E-state index contributed by atoms with van der Waals surface area (Å²) in [7, 11) is -2.91. The molecule has 3 aliphatic heterocycles. The summed E-state index contributed by atoms with van der Waals surface area (Å²) < 4.78 is 8.84. The molecule has 0 radical (unpaired) electrons. The summed E-state index contributed by atoms with van der Waals surface area (Å²) in [4.78, 5) is 41.8. The van der Waals surface area contributed by atoms with E-state index < -0.39 is 20.0 Å². The lowest BCUT2D eigenvalue weighted by molar-refractivity contribution is -0.145. The molecular weight excluding hydrogens is 685 g/mol. The number of fused-ring (bicyclic) bond motifs is 2. The number of aryl methyl sites for hydroxylation is 1. The Bertz CT molecular complexity index is 1830. The number of hydrogen-bond donors (Lipinski definition) is 4. The van der Waals surface area contributed by atoms with Crippen LogP contribution in [0.4, 0.5) is 11.4 Å². The smallest absolute Gasteiger partial charge is 0.264 e. The molecule has 4 N–H and O–H groups in total. The van der Waals surface area contributed by atoms with Gasteiger partial charge in [0, 0.05) is 42.0 Å². The average molecular weight is 741 g/mol. The highest BCUT2D eigenvalue weighted by atomic mass is 28.4. The number of rotatable bonds is 14. The molecule has 3 aliphatic rings. The molecule has 53 heavy (non-hydrogen) atoms. The lowest BCUT2D eigenvalue weighted by Gasteiger charge is -2.32. The molecule has 2 saturated heterocycles. The maximum Gasteiger partial charge on any atom is 0.264 e. The molecule has 284 valence electrons. The number of hydrogen-bond acceptors (Lipinski definition) is 8. The molecule has 6 atom stereocenters. The highest BCUT2D eigenvalue weighted by Crippen LogP contribution is 2.60. The standard InChI is InChI=1S/C41H56N6O5Si/c1-27(2)12-10-13-28(3)19-23-47-36-18-17-31(43-39(49)34-16-11-21-42-34)24-33(36)41(40(47)50)29(4)38(53(5,6)51)37(52-41)20-22-46-25-35(44-45-46)32(26-48)30-14-8-7-9-15-30/h7-9,12,14-15,17-19,24-25,29,32,34,37-38,42,48,51H,10-11,13,16,20-23,26H2,1-6H3,(H,43,49)/b28-19+/t29-,32?,34+,37+,38-,41+/m0/s1. The van der Waals surface area contributed by atoms with E-state index >= 15 is 0 Å². The van der Waals surface area contributed by atoms with Crippen LogP contribution in [0.25, 0.3) is 0 Å². The molecule has 0 aliphatic carbocycles. The van der Waals surface area contributed by atoms with Gasteiger partial charge in [-0.3, -0.25) is 14.3 Å². The lowest BCUT2D eigenvalue weighted by atomic mass is 9.82. The zero-order valence-corrected chi connectivity index (χ0v) is 33.0. The summed E-state index contributed by atoms with van der Waals surface area (Å²) in [6.07, 6.45) is 9.85. The maximum atomic E-state index is 14.9. The molecule has 0 bridgehead atoms. The van der Waals surface area contributed by atoms with E-state index in [0.717, 1.165) is 49.0 Å². The first-order chi connectivity index (χ1) is 25.3. The van der Waals surface area contributed by atoms with Gasteiger partial charge in [-0.25, -0.2) is 0 Å². The van der Waals surface area contributed by atoms with Gasteiger partial charge in [0.1, 0.15) is 0 Å². The number of allylic oxidation sites excluding steroid dienone is 3. The number of aliphatic hydroxyl groups excluding tert-OH is 1. The third kappa shape index (κ3) is 8.12. The minimum atomic E-state index is -2.91. The molecule has 2 amide bonds. The van der Waals surface area contributed by atoms with Crippen molar-refractivity contribution in [2.45, 2.75) is 109 Å². The largest absolute Gasteiger partial charge is 0.432 e. The van der Waals surface area contributed by atoms with Crippen LogP contribution >= 0.6 is 0 Å². The predicted octanol–water partition coefficient (Wildman–Crippen LogP) is 6.02. The number of anilines is 2. The zero-order valence-electron chi connectivity index (χ0n) is 32.0. The number of benzene rings is 2. The van der Waals surface area contributed by atoms with Gasteiger partial charge in [-0.2, -0.15) is 0 Å². The molecule has 6 rings (SSSR count). The molecule has 0 saturated carbocycles. The molecule has 2 fully saturated rings. The Labute approximate surface area is 314 Å². The third-order valence-corrected chi connectivity index (χ3v) is 13.8. The van der Waals surface area contributed by atoms with Crippen LogP contribution in [0.2, 0.25) is 18.6 Å². The van der Waals surface area contributed by atoms with Gasteiger partial charge in [0.25, 0.3) is 5.91 Å². The van der Waals surface area contributed by atoms with Crippen molar-refractivity contribution in [3.8, 4) is 0 Å². The molecule has 1 spiro atoms. The Hall–Kier alpha value is -3.94. The summed E-state index contributed by atoms with van der Waals surface area (Å²) in [5.41, 5.74) is 4.63. The predicted molar refractivity (Wildman–Crippen MR) is 210 cm³/mol. The van der Waals surface area contributed by atoms with E-state index in [-0.39, 0.29) is 41.8 Å². The number of aromatic nitrogens is 3. The molecule has 3 aromatic rings. The van der Waals surface area contributed by atoms with Crippen LogP contribution < -0.4 is 15.5 Å². The molecule has 11 nitrogen and oxygen atoms in total. The van der Waals surface area contributed by atoms with Gasteiger partial charge in [-0.05, 0) is 96.3 Å². The Morgan fingerprint density at radius 2 is 1.94 bits per heavy atom. The summed E-state index contributed by atoms with van der Waals surface area (Å²) >= 11 is 0. The van der Waals surface area contributed by atoms with Crippen LogP contribution in [-0.2, 0) is 26.5 Å². The van der Waals surface area contributed by atoms with E-state index in [1.165, 1.54) is 11.1 Å². The fourth-order valence-corrected chi connectivity index (χ4v) is 11.2. The number of ether oxygens (including phenoxy) is 1. The van der Waals surface area contributed by atoms with Gasteiger partial charge in [-0.15, -0.1) is 5.10 Å². The lowest BCUT2D eigenvalue weighted by Crippen LogP contribution is -2.46. The van der Waals surface area contributed by atoms with Gasteiger partial charge in [-0.1, -0.05) is 65.8 Å². The minimum absolute atomic E-state index is 0.0875. The fraction of sp³-hybridized carbons (Fsp3) is 0.512. The van der Waals surface area contributed by atoms with Crippen molar-refractivity contribution >= 4 is 31.5 Å². The Balaban J connectivity index is 1.30. The van der Waals surface area contributed by atoms with Crippen molar-refractivity contribution in [2.24, 2.45) is 5.92 Å². The highest BCUT2D eigenvalue weighted by molar-refractivity contribution is 6.71. The normalized spacial score (nSPS) is 24.9. The van der Waals surface area contributed by atoms with Crippen LogP contribution in [0.5, 0.6) is 0 Å². The van der Waals surface area contributed by atoms with Gasteiger partial charge in [0.15, 0.2) is 13.9 Å². The van der Waals surface area contributed by atoms with Crippen LogP contribution in [0.3, 0.4) is 0 Å². The Morgan fingerprint density at radius 1 is 1.17 bits per heavy atom. The SMILES string of the molecule is CC(C)=CCC/C(C)=C/CN1C(=O)[C@]2(O[C@H](CCn3cc(C(CO)c4ccccc4)nn3)[C@@H]([Si](C)(C)O)[C@@H]2C)c2cc(NC(=O)[C@H]3CCCN3)ccc21. The van der Waals surface area contributed by atoms with Gasteiger partial charge >= 0.3 is 0 Å². The maximum absolute atomic E-state index is 14.9. The van der Waals surface area contributed by atoms with Crippen molar-refractivity contribution in [1.82, 2.24) is 20.3 Å². The second kappa shape index (κ2) is 16.2. The Morgan fingerprint density at radius 3 is 2.62 bits per heavy atom. The van der Waals surface area contributed by atoms with Crippen LogP contribution in [-0.4, -0.2) is 76.9 Å². The minimum Gasteiger partial charge on any atom is -0.432 e. The van der Waals surface area contributed by atoms with E-state index in [2.05, 4.69) is 53.9 Å². The summed E-state index contributed by atoms with van der Waals surface area (Å²) in [5.74, 6) is -0.869.